The number of alkyl halides is 9. The third-order valence-electron chi connectivity index (χ3n) is 14.7. The Morgan fingerprint density at radius 1 is 0.514 bits per heavy atom. The predicted molar refractivity (Wildman–Crippen MR) is 506 cm³/mol. The molecule has 0 radical (unpaired) electrons. The zero-order chi connectivity index (χ0) is 111. The van der Waals surface area contributed by atoms with Gasteiger partial charge in [-0.1, -0.05) is 59.6 Å². The van der Waals surface area contributed by atoms with Crippen molar-refractivity contribution >= 4 is 119 Å². The molecule has 2 aromatic heterocycles. The summed E-state index contributed by atoms with van der Waals surface area (Å²) >= 11 is 0. The monoisotopic (exact) mass is 2150 g/mol. The maximum absolute atomic E-state index is 12.8. The zero-order valence-corrected chi connectivity index (χ0v) is 87.1. The van der Waals surface area contributed by atoms with Crippen molar-refractivity contribution in [1.82, 2.24) is 48.0 Å². The van der Waals surface area contributed by atoms with Crippen molar-refractivity contribution in [2.45, 2.75) is 207 Å². The molecule has 2 aromatic carbocycles. The molecular formula is C93H111F9N10O28S3Zn. The van der Waals surface area contributed by atoms with Gasteiger partial charge in [0.1, 0.15) is 58.3 Å². The minimum atomic E-state index is -5.08. The van der Waals surface area contributed by atoms with Gasteiger partial charge in [-0.15, -0.1) is 6.42 Å². The number of rotatable bonds is 20. The van der Waals surface area contributed by atoms with Gasteiger partial charge >= 0.3 is 72.7 Å². The number of nitrogens with one attached hydrogen (secondary N) is 8. The summed E-state index contributed by atoms with van der Waals surface area (Å²) < 4.78 is 182. The van der Waals surface area contributed by atoms with E-state index in [4.69, 9.17) is 82.6 Å². The Bertz CT molecular complexity index is 5890. The number of amides is 7. The number of hydrogen-bond donors (Lipinski definition) is 15. The van der Waals surface area contributed by atoms with E-state index in [9.17, 15) is 95.9 Å². The summed E-state index contributed by atoms with van der Waals surface area (Å²) in [5.41, 5.74) is -4.70. The Balaban J connectivity index is -0.000000304. The van der Waals surface area contributed by atoms with Crippen molar-refractivity contribution in [3.05, 3.63) is 59.9 Å². The number of hydrogen-bond acceptors (Lipinski definition) is 27. The molecule has 0 bridgehead atoms. The average Bonchev–Trinajstić information content (AvgIpc) is 1.67. The number of alkyl carbamates (subject to hydrolysis) is 2. The molecule has 4 aromatic rings. The molecule has 0 unspecified atom stereocenters. The molecule has 38 nitrogen and oxygen atoms in total. The van der Waals surface area contributed by atoms with E-state index in [1.165, 1.54) is 7.11 Å². The van der Waals surface area contributed by atoms with Crippen LogP contribution in [0.1, 0.15) is 170 Å². The van der Waals surface area contributed by atoms with Crippen molar-refractivity contribution in [2.75, 3.05) is 40.7 Å². The Morgan fingerprint density at radius 3 is 0.993 bits per heavy atom. The smallest absolute Gasteiger partial charge is 0.496 e. The second-order valence-corrected chi connectivity index (χ2v) is 34.0. The van der Waals surface area contributed by atoms with Crippen LogP contribution in [-0.2, 0) is 120 Å². The molecule has 18 N–H and O–H groups in total. The number of aliphatic carboxylic acids is 1. The average molecular weight is 2150 g/mol. The van der Waals surface area contributed by atoms with Crippen LogP contribution in [0.3, 0.4) is 0 Å². The van der Waals surface area contributed by atoms with Crippen LogP contribution in [0.5, 0.6) is 11.5 Å². The van der Waals surface area contributed by atoms with Crippen LogP contribution in [0.25, 0.3) is 21.8 Å². The summed E-state index contributed by atoms with van der Waals surface area (Å²) in [5.74, 6) is 50.3. The van der Waals surface area contributed by atoms with Gasteiger partial charge in [-0.25, -0.2) is 33.7 Å². The number of carboxylic acids is 3. The molecule has 784 valence electrons. The Hall–Kier alpha value is -14.7. The summed E-state index contributed by atoms with van der Waals surface area (Å²) in [6, 6.07) is 10.2. The standard InChI is InChI=1S/C25H4.C19H33N3O6.C18H32N4O5.2C10H9NO3.C4H10O2.C2HF3O2.C2H6.2CF3O2S.CH4O3S.H3N.Zn/c1-3-5-7-9-11-13-15-17-19-21-23-25-24-22-20-18-16-14-12-10-8-6-4-2;1-11(2)9-13(22-18(26)28-19(3,4)5)16(24)21-14(17(25)27-6)10-12-7-8-20-15(12)23;1-10(2)8-13(22-17(26)27-18(3,4)5)16(25)21-12(14(19)23)9-11-6-7-20-15(11)24;2*1-14-9-4-2-3-7-6(9)5-8(11-7)10(12)13;1-4(2,3)6-5;3-2(4,5)1(6)7;1-2;2*2-1(3,4)7(5)6;1-5(2,3)4;;/h1H,2H3;11-14H,7-10H2,1-6H3,(H,20,23)(H,21,24)(H,22,26);10-13H,6-9H2,1-5H3,(H2,19,23)(H,20,24)(H,21,25)(H,22,26);2*2-5,11H,1H3,(H,12,13);5H,1-3H3;(H,6,7);1-2H3;;;1H3,(H,2,3,4);1H3;/q;;;;;;;;2*-1;;;+2/t;12-,13-,14-;11-,12-,13-;;;;;;;;;;/m.00........../s1. The number of esters is 1. The van der Waals surface area contributed by atoms with Gasteiger partial charge in [0.05, 0.1) is 33.2 Å². The van der Waals surface area contributed by atoms with Crippen molar-refractivity contribution < 1.29 is 191 Å². The fourth-order valence-electron chi connectivity index (χ4n) is 9.30. The minimum Gasteiger partial charge on any atom is -0.496 e. The molecule has 2 fully saturated rings. The Morgan fingerprint density at radius 2 is 0.785 bits per heavy atom. The van der Waals surface area contributed by atoms with Gasteiger partial charge < -0.3 is 110 Å². The third kappa shape index (κ3) is 75.2. The fraction of sp³-hybridized carbons (Fsp3) is 0.452. The Labute approximate surface area is 844 Å². The number of fused-ring (bicyclic) bond motifs is 2. The number of methoxy groups -OCH3 is 3. The molecule has 6 rings (SSSR count). The molecule has 4 heterocycles. The molecular weight excluding hydrogens is 2040 g/mol. The maximum atomic E-state index is 12.8. The van der Waals surface area contributed by atoms with E-state index in [0.717, 1.165) is 21.8 Å². The van der Waals surface area contributed by atoms with Crippen LogP contribution < -0.4 is 53.3 Å². The van der Waals surface area contributed by atoms with E-state index in [-0.39, 0.29) is 85.3 Å². The number of carboxylic acid groups (broad SMARTS) is 3. The summed E-state index contributed by atoms with van der Waals surface area (Å²) in [5, 5.41) is 49.9. The number of ether oxygens (including phenoxy) is 5. The second kappa shape index (κ2) is 74.3. The van der Waals surface area contributed by atoms with Crippen LogP contribution >= 0.6 is 0 Å². The summed E-state index contributed by atoms with van der Waals surface area (Å²) in [6.45, 7) is 30.1. The molecule has 0 spiro atoms. The number of carbonyl (C=O) groups excluding carboxylic acids is 8. The van der Waals surface area contributed by atoms with Gasteiger partial charge in [0.25, 0.3) is 10.1 Å². The van der Waals surface area contributed by atoms with Gasteiger partial charge in [0.2, 0.25) is 29.5 Å². The molecule has 0 saturated carbocycles. The van der Waals surface area contributed by atoms with E-state index >= 15 is 0 Å². The first-order valence-corrected chi connectivity index (χ1v) is 44.6. The van der Waals surface area contributed by atoms with Gasteiger partial charge in [-0.3, -0.25) is 33.8 Å². The molecule has 2 aliphatic rings. The molecule has 144 heavy (non-hydrogen) atoms. The van der Waals surface area contributed by atoms with E-state index in [1.807, 2.05) is 65.8 Å². The minimum absolute atomic E-state index is 0. The van der Waals surface area contributed by atoms with Gasteiger partial charge in [-0.05, 0) is 251 Å². The number of nitrogens with two attached hydrogens (primary N) is 1. The normalized spacial score (nSPS) is 12.7. The molecule has 7 amide bonds. The molecule has 2 aliphatic heterocycles. The summed E-state index contributed by atoms with van der Waals surface area (Å²) in [4.78, 5) is 137. The van der Waals surface area contributed by atoms with E-state index in [2.05, 4.69) is 183 Å². The van der Waals surface area contributed by atoms with Crippen LogP contribution in [0.15, 0.2) is 48.5 Å². The summed E-state index contributed by atoms with van der Waals surface area (Å²) in [6.07, 6.45) is 1.30. The zero-order valence-electron chi connectivity index (χ0n) is 81.7. The van der Waals surface area contributed by atoms with Crippen molar-refractivity contribution in [2.24, 2.45) is 29.4 Å². The number of carbonyl (C=O) groups is 11. The SMILES string of the molecule is C#CC#CC#CC#CC#CC#CC#CC#CC#CC#CC#CC#CC.CC.CC(C)(C)OO.CC(C)C[C@H](NC(=O)OC(C)(C)C)C(=O)N[C@@H](C[C@@H]1CCNC1=O)C(N)=O.COC(=O)[C@H](C[C@@H]1CCNC1=O)NC(=O)[C@H](CC(C)C)NC(=O)OC(C)(C)C.COc1cccc2[nH]c(C(=O)O)cc12.COc1cccc2[nH]c(C(=O)O)cc12.CS(=O)(=O)O.N.O=C(O)C(F)(F)F.O=[S-](=O)C(F)(F)F.O=[S-](=O)C(F)(F)F.[Zn+2]. The first-order valence-electron chi connectivity index (χ1n) is 40.6. The second-order valence-electron chi connectivity index (χ2n) is 30.7. The van der Waals surface area contributed by atoms with Gasteiger partial charge in [-0.2, -0.15) is 47.9 Å². The summed E-state index contributed by atoms with van der Waals surface area (Å²) in [7, 11) is -7.19. The van der Waals surface area contributed by atoms with E-state index in [0.29, 0.717) is 56.5 Å². The number of halogens is 9. The number of terminal acetylenes is 1. The van der Waals surface area contributed by atoms with Gasteiger partial charge in [0.15, 0.2) is 0 Å². The van der Waals surface area contributed by atoms with E-state index < -0.39 is 143 Å². The van der Waals surface area contributed by atoms with E-state index in [1.54, 1.807) is 108 Å². The molecule has 2 saturated heterocycles. The van der Waals surface area contributed by atoms with Crippen molar-refractivity contribution in [1.29, 1.82) is 0 Å². The number of aromatic nitrogens is 2. The fourth-order valence-corrected chi connectivity index (χ4v) is 9.30. The first kappa shape index (κ1) is 142. The van der Waals surface area contributed by atoms with Crippen LogP contribution in [0, 0.1) is 166 Å². The van der Waals surface area contributed by atoms with Crippen molar-refractivity contribution in [3.8, 4) is 154 Å². The van der Waals surface area contributed by atoms with Crippen molar-refractivity contribution in [3.63, 3.8) is 0 Å². The molecule has 6 atom stereocenters. The predicted octanol–water partition coefficient (Wildman–Crippen LogP) is 10.2. The Kier molecular flexibility index (Phi) is 73.4. The topological polar surface area (TPSA) is 612 Å². The van der Waals surface area contributed by atoms with Crippen LogP contribution in [0.2, 0.25) is 0 Å². The largest absolute Gasteiger partial charge is 2.00 e. The number of aromatic amines is 2. The molecule has 0 aliphatic carbocycles. The quantitative estimate of drug-likeness (QED) is 0.00450. The van der Waals surface area contributed by atoms with Crippen LogP contribution in [0.4, 0.5) is 49.1 Å². The maximum Gasteiger partial charge on any atom is 2.00 e. The number of primary amides is 1. The first-order chi connectivity index (χ1) is 65.6. The molecule has 51 heteroatoms. The third-order valence-corrected chi connectivity index (χ3v) is 15.5. The van der Waals surface area contributed by atoms with Crippen LogP contribution in [-0.4, -0.2) is 208 Å². The number of benzene rings is 2. The van der Waals surface area contributed by atoms with Gasteiger partial charge in [0, 0.05) is 104 Å². The number of H-pyrrole nitrogens is 2. The number of aromatic carboxylic acids is 2.